The summed E-state index contributed by atoms with van der Waals surface area (Å²) >= 11 is 0. The van der Waals surface area contributed by atoms with Crippen LogP contribution >= 0.6 is 0 Å². The molecule has 3 N–H and O–H groups in total. The van der Waals surface area contributed by atoms with Crippen LogP contribution in [-0.4, -0.2) is 40.6 Å². The molecule has 16 heavy (non-hydrogen) atoms. The van der Waals surface area contributed by atoms with E-state index in [-0.39, 0.29) is 17.3 Å². The molecule has 0 saturated heterocycles. The van der Waals surface area contributed by atoms with Gasteiger partial charge in [-0.15, -0.1) is 0 Å². The lowest BCUT2D eigenvalue weighted by Gasteiger charge is -2.15. The number of carboxylic acid groups (broad SMARTS) is 1. The van der Waals surface area contributed by atoms with Crippen LogP contribution in [0.5, 0.6) is 0 Å². The quantitative estimate of drug-likeness (QED) is 0.728. The molecule has 0 saturated carbocycles. The molecule has 0 aliphatic heterocycles. The predicted octanol–water partition coefficient (Wildman–Crippen LogP) is 1.50. The van der Waals surface area contributed by atoms with E-state index in [4.69, 9.17) is 5.11 Å². The van der Waals surface area contributed by atoms with Crippen LogP contribution in [0, 0.1) is 6.92 Å². The number of carboxylic acids is 1. The van der Waals surface area contributed by atoms with Crippen molar-refractivity contribution in [1.29, 1.82) is 0 Å². The first kappa shape index (κ1) is 12.1. The highest BCUT2D eigenvalue weighted by molar-refractivity contribution is 6.00. The Balaban J connectivity index is 2.90. The fourth-order valence-electron chi connectivity index (χ4n) is 1.26. The van der Waals surface area contributed by atoms with Gasteiger partial charge < -0.3 is 20.3 Å². The Hall–Kier alpha value is -1.98. The summed E-state index contributed by atoms with van der Waals surface area (Å²) in [5.41, 5.74) is 0.898. The first-order valence-corrected chi connectivity index (χ1v) is 4.90. The van der Waals surface area contributed by atoms with Crippen LogP contribution in [-0.2, 0) is 0 Å². The molecule has 1 aromatic rings. The summed E-state index contributed by atoms with van der Waals surface area (Å²) < 4.78 is 0. The number of H-pyrrole nitrogens is 1. The summed E-state index contributed by atoms with van der Waals surface area (Å²) in [4.78, 5) is 26.7. The lowest BCUT2D eigenvalue weighted by atomic mass is 10.2. The minimum atomic E-state index is -1.06. The molecule has 0 aliphatic carbocycles. The van der Waals surface area contributed by atoms with E-state index in [2.05, 4.69) is 10.3 Å². The molecule has 0 aromatic carbocycles. The highest BCUT2D eigenvalue weighted by atomic mass is 16.4. The second-order valence-electron chi connectivity index (χ2n) is 3.45. The summed E-state index contributed by atoms with van der Waals surface area (Å²) in [6.45, 7) is 4.03. The van der Waals surface area contributed by atoms with E-state index in [0.717, 1.165) is 0 Å². The molecular weight excluding hydrogens is 210 g/mol. The number of rotatable bonds is 3. The van der Waals surface area contributed by atoms with Crippen LogP contribution < -0.4 is 5.32 Å². The summed E-state index contributed by atoms with van der Waals surface area (Å²) in [5.74, 6) is -1.06. The average molecular weight is 225 g/mol. The number of urea groups is 1. The monoisotopic (exact) mass is 225 g/mol. The highest BCUT2D eigenvalue weighted by Crippen LogP contribution is 2.19. The Labute approximate surface area is 93.3 Å². The van der Waals surface area contributed by atoms with Gasteiger partial charge in [0.05, 0.1) is 5.69 Å². The molecule has 0 bridgehead atoms. The molecule has 0 fully saturated rings. The lowest BCUT2D eigenvalue weighted by molar-refractivity contribution is 0.0697. The Morgan fingerprint density at radius 1 is 1.56 bits per heavy atom. The van der Waals surface area contributed by atoms with Crippen LogP contribution in [0.4, 0.5) is 10.5 Å². The third-order valence-electron chi connectivity index (χ3n) is 2.35. The van der Waals surface area contributed by atoms with Gasteiger partial charge in [0.25, 0.3) is 0 Å². The van der Waals surface area contributed by atoms with E-state index in [1.165, 1.54) is 11.1 Å². The summed E-state index contributed by atoms with van der Waals surface area (Å²) in [6.07, 6.45) is 1.47. The number of aryl methyl sites for hydroxylation is 1. The zero-order chi connectivity index (χ0) is 12.3. The summed E-state index contributed by atoms with van der Waals surface area (Å²) in [7, 11) is 1.63. The molecule has 6 heteroatoms. The van der Waals surface area contributed by atoms with Gasteiger partial charge in [-0.1, -0.05) is 0 Å². The Kier molecular flexibility index (Phi) is 3.55. The van der Waals surface area contributed by atoms with Gasteiger partial charge >= 0.3 is 12.0 Å². The highest BCUT2D eigenvalue weighted by Gasteiger charge is 2.17. The van der Waals surface area contributed by atoms with Gasteiger partial charge in [-0.3, -0.25) is 0 Å². The normalized spacial score (nSPS) is 9.94. The van der Waals surface area contributed by atoms with Crippen molar-refractivity contribution in [3.8, 4) is 0 Å². The molecule has 1 heterocycles. The van der Waals surface area contributed by atoms with Gasteiger partial charge in [-0.2, -0.15) is 0 Å². The number of amides is 2. The largest absolute Gasteiger partial charge is 0.478 e. The number of aromatic amines is 1. The first-order chi connectivity index (χ1) is 7.47. The van der Waals surface area contributed by atoms with Crippen molar-refractivity contribution in [2.24, 2.45) is 0 Å². The first-order valence-electron chi connectivity index (χ1n) is 4.90. The van der Waals surface area contributed by atoms with Crippen LogP contribution in [0.25, 0.3) is 0 Å². The van der Waals surface area contributed by atoms with Crippen LogP contribution in [0.3, 0.4) is 0 Å². The molecule has 0 unspecified atom stereocenters. The molecule has 1 aromatic heterocycles. The van der Waals surface area contributed by atoms with Gasteiger partial charge in [0, 0.05) is 25.5 Å². The van der Waals surface area contributed by atoms with Crippen molar-refractivity contribution in [2.45, 2.75) is 13.8 Å². The van der Waals surface area contributed by atoms with E-state index < -0.39 is 5.97 Å². The van der Waals surface area contributed by atoms with Crippen molar-refractivity contribution < 1.29 is 14.7 Å². The maximum absolute atomic E-state index is 11.5. The number of aromatic carboxylic acids is 1. The van der Waals surface area contributed by atoms with Gasteiger partial charge in [0.15, 0.2) is 0 Å². The molecule has 0 spiro atoms. The van der Waals surface area contributed by atoms with Gasteiger partial charge in [0.1, 0.15) is 5.56 Å². The molecule has 0 radical (unpaired) electrons. The van der Waals surface area contributed by atoms with Crippen molar-refractivity contribution in [1.82, 2.24) is 9.88 Å². The maximum Gasteiger partial charge on any atom is 0.339 e. The third-order valence-corrected chi connectivity index (χ3v) is 2.35. The number of anilines is 1. The lowest BCUT2D eigenvalue weighted by Crippen LogP contribution is -2.31. The Bertz CT molecular complexity index is 411. The summed E-state index contributed by atoms with van der Waals surface area (Å²) in [5, 5.41) is 11.5. The third kappa shape index (κ3) is 2.33. The number of nitrogens with one attached hydrogen (secondary N) is 2. The number of hydrogen-bond donors (Lipinski definition) is 3. The topological polar surface area (TPSA) is 85.4 Å². The molecule has 88 valence electrons. The fourth-order valence-corrected chi connectivity index (χ4v) is 1.26. The van der Waals surface area contributed by atoms with Gasteiger partial charge in [-0.05, 0) is 13.8 Å². The smallest absolute Gasteiger partial charge is 0.339 e. The molecule has 6 nitrogen and oxygen atoms in total. The zero-order valence-corrected chi connectivity index (χ0v) is 9.50. The average Bonchev–Trinajstić information content (AvgIpc) is 2.58. The van der Waals surface area contributed by atoms with Crippen molar-refractivity contribution in [3.05, 3.63) is 17.5 Å². The molecule has 0 aliphatic rings. The van der Waals surface area contributed by atoms with Crippen molar-refractivity contribution >= 4 is 17.7 Å². The minimum Gasteiger partial charge on any atom is -0.478 e. The molecule has 1 rings (SSSR count). The predicted molar refractivity (Wildman–Crippen MR) is 59.8 cm³/mol. The van der Waals surface area contributed by atoms with E-state index >= 15 is 0 Å². The molecular formula is C10H15N3O3. The van der Waals surface area contributed by atoms with Crippen molar-refractivity contribution in [2.75, 3.05) is 18.9 Å². The minimum absolute atomic E-state index is 0.0952. The van der Waals surface area contributed by atoms with E-state index in [9.17, 15) is 9.59 Å². The number of hydrogen-bond acceptors (Lipinski definition) is 2. The van der Waals surface area contributed by atoms with Crippen LogP contribution in [0.1, 0.15) is 23.0 Å². The summed E-state index contributed by atoms with van der Waals surface area (Å²) in [6, 6.07) is -0.330. The second-order valence-corrected chi connectivity index (χ2v) is 3.45. The SMILES string of the molecule is CCN(C)C(=O)Nc1c[nH]c(C)c1C(=O)O. The number of carbonyl (C=O) groups is 2. The van der Waals surface area contributed by atoms with E-state index in [1.807, 2.05) is 6.92 Å². The van der Waals surface area contributed by atoms with Crippen molar-refractivity contribution in [3.63, 3.8) is 0 Å². The van der Waals surface area contributed by atoms with Gasteiger partial charge in [0.2, 0.25) is 0 Å². The second kappa shape index (κ2) is 4.69. The number of nitrogens with zero attached hydrogens (tertiary/aromatic N) is 1. The van der Waals surface area contributed by atoms with Crippen LogP contribution in [0.2, 0.25) is 0 Å². The molecule has 0 atom stereocenters. The van der Waals surface area contributed by atoms with E-state index in [1.54, 1.807) is 14.0 Å². The number of aromatic nitrogens is 1. The maximum atomic E-state index is 11.5. The standard InChI is InChI=1S/C10H15N3O3/c1-4-13(3)10(16)12-7-5-11-6(2)8(7)9(14)15/h5,11H,4H2,1-3H3,(H,12,16)(H,14,15). The Morgan fingerprint density at radius 2 is 2.19 bits per heavy atom. The fraction of sp³-hybridized carbons (Fsp3) is 0.400. The van der Waals surface area contributed by atoms with Crippen LogP contribution in [0.15, 0.2) is 6.20 Å². The number of carbonyl (C=O) groups excluding carboxylic acids is 1. The van der Waals surface area contributed by atoms with Gasteiger partial charge in [-0.25, -0.2) is 9.59 Å². The Morgan fingerprint density at radius 3 is 2.69 bits per heavy atom. The zero-order valence-electron chi connectivity index (χ0n) is 9.50. The van der Waals surface area contributed by atoms with E-state index in [0.29, 0.717) is 12.2 Å². The molecule has 2 amide bonds.